The lowest BCUT2D eigenvalue weighted by atomic mass is 9.84. The Hall–Kier alpha value is -3.04. The Kier molecular flexibility index (Phi) is 4.70. The standard InChI is InChI=1S/C19H20N6O2S/c1-2-25-12-9-17(23-25)28(20,27)24-19(26)22-18-15-5-3-13(15)4-6-16(18)14-7-10-21-11-8-14/h4,6-12H,2-3,5H2,1H3,(H3,20,22,24,26,27). The maximum atomic E-state index is 12.7. The topological polar surface area (TPSA) is 115 Å². The van der Waals surface area contributed by atoms with Gasteiger partial charge in [0.1, 0.15) is 0 Å². The zero-order valence-electron chi connectivity index (χ0n) is 15.3. The van der Waals surface area contributed by atoms with Crippen LogP contribution in [-0.2, 0) is 29.3 Å². The molecule has 9 heteroatoms. The van der Waals surface area contributed by atoms with Crippen LogP contribution in [0.15, 0.2) is 58.3 Å². The normalized spacial score (nSPS) is 14.5. The quantitative estimate of drug-likeness (QED) is 0.705. The fraction of sp³-hybridized carbons (Fsp3) is 0.211. The van der Waals surface area contributed by atoms with Crippen molar-refractivity contribution in [2.24, 2.45) is 9.50 Å². The maximum absolute atomic E-state index is 12.7. The highest BCUT2D eigenvalue weighted by Gasteiger charge is 2.23. The predicted molar refractivity (Wildman–Crippen MR) is 107 cm³/mol. The maximum Gasteiger partial charge on any atom is 0.354 e. The van der Waals surface area contributed by atoms with E-state index in [0.717, 1.165) is 29.5 Å². The van der Waals surface area contributed by atoms with Gasteiger partial charge in [-0.3, -0.25) is 9.67 Å². The van der Waals surface area contributed by atoms with Gasteiger partial charge in [-0.15, -0.1) is 4.36 Å². The number of amides is 2. The molecule has 1 aromatic carbocycles. The average molecular weight is 396 g/mol. The summed E-state index contributed by atoms with van der Waals surface area (Å²) in [4.78, 5) is 16.6. The van der Waals surface area contributed by atoms with Crippen molar-refractivity contribution >= 4 is 21.6 Å². The van der Waals surface area contributed by atoms with E-state index in [1.807, 2.05) is 25.1 Å². The Morgan fingerprint density at radius 3 is 2.68 bits per heavy atom. The number of carbonyl (C=O) groups is 1. The first-order valence-corrected chi connectivity index (χ1v) is 10.5. The summed E-state index contributed by atoms with van der Waals surface area (Å²) in [6, 6.07) is 8.53. The van der Waals surface area contributed by atoms with Crippen molar-refractivity contribution < 1.29 is 9.00 Å². The smallest absolute Gasteiger partial charge is 0.305 e. The van der Waals surface area contributed by atoms with Crippen molar-refractivity contribution in [3.05, 3.63) is 60.0 Å². The van der Waals surface area contributed by atoms with Crippen molar-refractivity contribution in [1.29, 1.82) is 0 Å². The fourth-order valence-electron chi connectivity index (χ4n) is 3.18. The van der Waals surface area contributed by atoms with E-state index in [2.05, 4.69) is 25.8 Å². The number of anilines is 1. The molecule has 3 aromatic rings. The van der Waals surface area contributed by atoms with Gasteiger partial charge in [0.05, 0.1) is 5.69 Å². The highest BCUT2D eigenvalue weighted by molar-refractivity contribution is 7.91. The van der Waals surface area contributed by atoms with Gasteiger partial charge < -0.3 is 5.32 Å². The number of rotatable bonds is 4. The van der Waals surface area contributed by atoms with Crippen LogP contribution >= 0.6 is 0 Å². The van der Waals surface area contributed by atoms with Crippen LogP contribution in [0.5, 0.6) is 0 Å². The first kappa shape index (κ1) is 18.3. The van der Waals surface area contributed by atoms with E-state index >= 15 is 0 Å². The summed E-state index contributed by atoms with van der Waals surface area (Å²) in [7, 11) is -3.43. The molecule has 1 unspecified atom stereocenters. The summed E-state index contributed by atoms with van der Waals surface area (Å²) < 4.78 is 18.0. The van der Waals surface area contributed by atoms with Crippen LogP contribution in [0.1, 0.15) is 18.1 Å². The SMILES string of the molecule is CCn1ccc(S(N)(=O)=NC(=O)Nc2c(-c3ccncc3)ccc3c2CC3)n1. The molecule has 0 aliphatic heterocycles. The van der Waals surface area contributed by atoms with Crippen molar-refractivity contribution in [2.45, 2.75) is 31.3 Å². The van der Waals surface area contributed by atoms with E-state index in [1.165, 1.54) is 11.6 Å². The van der Waals surface area contributed by atoms with Crippen LogP contribution in [-0.4, -0.2) is 25.0 Å². The summed E-state index contributed by atoms with van der Waals surface area (Å²) in [5.74, 6) is 0. The third-order valence-corrected chi connectivity index (χ3v) is 5.99. The molecule has 0 spiro atoms. The molecule has 0 fully saturated rings. The van der Waals surface area contributed by atoms with Crippen LogP contribution in [0.3, 0.4) is 0 Å². The first-order chi connectivity index (χ1) is 13.5. The zero-order chi connectivity index (χ0) is 19.7. The third kappa shape index (κ3) is 3.41. The lowest BCUT2D eigenvalue weighted by Gasteiger charge is -2.25. The van der Waals surface area contributed by atoms with Gasteiger partial charge >= 0.3 is 6.03 Å². The fourth-order valence-corrected chi connectivity index (χ4v) is 4.05. The minimum absolute atomic E-state index is 0.0833. The van der Waals surface area contributed by atoms with E-state index in [9.17, 15) is 9.00 Å². The van der Waals surface area contributed by atoms with Gasteiger partial charge in [-0.25, -0.2) is 14.1 Å². The molecule has 2 heterocycles. The highest BCUT2D eigenvalue weighted by Crippen LogP contribution is 2.38. The van der Waals surface area contributed by atoms with Crippen LogP contribution < -0.4 is 10.5 Å². The number of fused-ring (bicyclic) bond motifs is 1. The molecule has 1 atom stereocenters. The van der Waals surface area contributed by atoms with E-state index in [0.29, 0.717) is 12.2 Å². The molecule has 1 aliphatic rings. The number of nitrogens with one attached hydrogen (secondary N) is 1. The molecule has 2 aromatic heterocycles. The predicted octanol–water partition coefficient (Wildman–Crippen LogP) is 3.00. The van der Waals surface area contributed by atoms with E-state index in [4.69, 9.17) is 5.14 Å². The molecule has 4 rings (SSSR count). The van der Waals surface area contributed by atoms with Gasteiger partial charge in [-0.05, 0) is 54.7 Å². The second-order valence-corrected chi connectivity index (χ2v) is 8.20. The second-order valence-electron chi connectivity index (χ2n) is 6.46. The number of carbonyl (C=O) groups excluding carboxylic acids is 1. The van der Waals surface area contributed by atoms with Crippen molar-refractivity contribution in [1.82, 2.24) is 14.8 Å². The molecule has 0 saturated heterocycles. The van der Waals surface area contributed by atoms with Gasteiger partial charge in [0.25, 0.3) is 0 Å². The van der Waals surface area contributed by atoms with Crippen molar-refractivity contribution in [3.8, 4) is 11.1 Å². The van der Waals surface area contributed by atoms with Crippen molar-refractivity contribution in [3.63, 3.8) is 0 Å². The lowest BCUT2D eigenvalue weighted by Crippen LogP contribution is -2.21. The summed E-state index contributed by atoms with van der Waals surface area (Å²) in [6.07, 6.45) is 6.87. The first-order valence-electron chi connectivity index (χ1n) is 8.92. The summed E-state index contributed by atoms with van der Waals surface area (Å²) in [5.41, 5.74) is 4.72. The number of nitrogens with zero attached hydrogens (tertiary/aromatic N) is 4. The minimum Gasteiger partial charge on any atom is -0.305 e. The van der Waals surface area contributed by atoms with Crippen LogP contribution in [0.2, 0.25) is 0 Å². The second kappa shape index (κ2) is 7.17. The molecule has 144 valence electrons. The number of hydrogen-bond acceptors (Lipinski definition) is 4. The Balaban J connectivity index is 1.69. The van der Waals surface area contributed by atoms with E-state index < -0.39 is 15.9 Å². The molecule has 0 bridgehead atoms. The largest absolute Gasteiger partial charge is 0.354 e. The molecule has 8 nitrogen and oxygen atoms in total. The number of aromatic nitrogens is 3. The number of aryl methyl sites for hydroxylation is 2. The molecule has 0 radical (unpaired) electrons. The monoisotopic (exact) mass is 396 g/mol. The molecular formula is C19H20N6O2S. The number of pyridine rings is 1. The Bertz CT molecular complexity index is 1160. The Morgan fingerprint density at radius 1 is 1.25 bits per heavy atom. The summed E-state index contributed by atoms with van der Waals surface area (Å²) >= 11 is 0. The Labute approximate surface area is 163 Å². The molecule has 1 aliphatic carbocycles. The van der Waals surface area contributed by atoms with Gasteiger partial charge in [0.2, 0.25) is 0 Å². The summed E-state index contributed by atoms with van der Waals surface area (Å²) in [5, 5.41) is 12.8. The number of urea groups is 1. The van der Waals surface area contributed by atoms with Gasteiger partial charge in [-0.2, -0.15) is 5.10 Å². The van der Waals surface area contributed by atoms with Gasteiger partial charge in [0.15, 0.2) is 14.9 Å². The highest BCUT2D eigenvalue weighted by atomic mass is 32.2. The van der Waals surface area contributed by atoms with Gasteiger partial charge in [0, 0.05) is 30.7 Å². The minimum atomic E-state index is -3.43. The molecule has 0 saturated carbocycles. The average Bonchev–Trinajstić information content (AvgIpc) is 3.14. The summed E-state index contributed by atoms with van der Waals surface area (Å²) in [6.45, 7) is 2.50. The number of nitrogens with two attached hydrogens (primary N) is 1. The molecule has 2 amide bonds. The molecule has 28 heavy (non-hydrogen) atoms. The van der Waals surface area contributed by atoms with Crippen LogP contribution in [0.25, 0.3) is 11.1 Å². The molecular weight excluding hydrogens is 376 g/mol. The van der Waals surface area contributed by atoms with Crippen LogP contribution in [0, 0.1) is 0 Å². The number of hydrogen-bond donors (Lipinski definition) is 2. The zero-order valence-corrected chi connectivity index (χ0v) is 16.1. The van der Waals surface area contributed by atoms with Gasteiger partial charge in [-0.1, -0.05) is 12.1 Å². The number of benzene rings is 1. The van der Waals surface area contributed by atoms with E-state index in [1.54, 1.807) is 23.3 Å². The molecule has 3 N–H and O–H groups in total. The lowest BCUT2D eigenvalue weighted by molar-refractivity contribution is 0.260. The third-order valence-electron chi connectivity index (χ3n) is 4.74. The van der Waals surface area contributed by atoms with Crippen molar-refractivity contribution in [2.75, 3.05) is 5.32 Å². The van der Waals surface area contributed by atoms with Crippen LogP contribution in [0.4, 0.5) is 10.5 Å². The Morgan fingerprint density at radius 2 is 2.04 bits per heavy atom. The van der Waals surface area contributed by atoms with E-state index in [-0.39, 0.29) is 5.03 Å².